The summed E-state index contributed by atoms with van der Waals surface area (Å²) in [5, 5.41) is 0. The number of aromatic nitrogens is 1. The number of hydrogen-bond acceptors (Lipinski definition) is 6. The minimum absolute atomic E-state index is 0.0435. The molecule has 0 aliphatic rings. The van der Waals surface area contributed by atoms with E-state index in [1.165, 1.54) is 71.1 Å². The molecule has 43 heavy (non-hydrogen) atoms. The van der Waals surface area contributed by atoms with E-state index in [1.807, 2.05) is 29.0 Å². The molecule has 0 atom stereocenters. The van der Waals surface area contributed by atoms with Crippen molar-refractivity contribution in [3.05, 3.63) is 47.8 Å². The van der Waals surface area contributed by atoms with Gasteiger partial charge in [-0.3, -0.25) is 4.79 Å². The van der Waals surface area contributed by atoms with Crippen molar-refractivity contribution >= 4 is 12.0 Å². The Morgan fingerprint density at radius 3 is 1.91 bits per heavy atom. The molecule has 2 rings (SSSR count). The fourth-order valence-corrected chi connectivity index (χ4v) is 5.08. The number of aryl methyl sites for hydroxylation is 1. The Bertz CT molecular complexity index is 1060. The summed E-state index contributed by atoms with van der Waals surface area (Å²) >= 11 is 0. The molecule has 1 heterocycles. The molecule has 1 aromatic carbocycles. The number of methoxy groups -OCH3 is 2. The van der Waals surface area contributed by atoms with Crippen molar-refractivity contribution in [1.29, 1.82) is 0 Å². The van der Waals surface area contributed by atoms with E-state index in [2.05, 4.69) is 13.8 Å². The predicted octanol–water partition coefficient (Wildman–Crippen LogP) is 8.17. The smallest absolute Gasteiger partial charge is 0.417 e. The van der Waals surface area contributed by atoms with Crippen molar-refractivity contribution in [2.75, 3.05) is 20.8 Å². The van der Waals surface area contributed by atoms with Gasteiger partial charge in [-0.15, -0.1) is 0 Å². The molecule has 0 aliphatic heterocycles. The fourth-order valence-electron chi connectivity index (χ4n) is 5.08. The van der Waals surface area contributed by atoms with Gasteiger partial charge in [0, 0.05) is 25.5 Å². The number of carbonyl (C=O) groups excluding carboxylic acids is 2. The Kier molecular flexibility index (Phi) is 17.9. The van der Waals surface area contributed by atoms with E-state index in [-0.39, 0.29) is 19.1 Å². The largest absolute Gasteiger partial charge is 0.493 e. The molecular formula is C35H55N2O6+. The normalized spacial score (nSPS) is 10.8. The number of rotatable bonds is 22. The SMILES string of the molecule is CCCCCCCCCCCCCCOc1c(OC)cc(COC(=O)N(Cc2cccc[n+]2CCC)C(C)=O)cc1OC. The van der Waals surface area contributed by atoms with E-state index >= 15 is 0 Å². The van der Waals surface area contributed by atoms with Crippen LogP contribution in [0.25, 0.3) is 0 Å². The van der Waals surface area contributed by atoms with E-state index in [4.69, 9.17) is 18.9 Å². The van der Waals surface area contributed by atoms with Crippen LogP contribution in [0.3, 0.4) is 0 Å². The van der Waals surface area contributed by atoms with E-state index < -0.39 is 6.09 Å². The van der Waals surface area contributed by atoms with Gasteiger partial charge < -0.3 is 18.9 Å². The van der Waals surface area contributed by atoms with Gasteiger partial charge in [-0.1, -0.05) is 90.5 Å². The molecule has 240 valence electrons. The van der Waals surface area contributed by atoms with Crippen molar-refractivity contribution in [1.82, 2.24) is 4.90 Å². The Balaban J connectivity index is 1.84. The van der Waals surface area contributed by atoms with Gasteiger partial charge in [0.25, 0.3) is 0 Å². The number of nitrogens with zero attached hydrogens (tertiary/aromatic N) is 2. The van der Waals surface area contributed by atoms with Gasteiger partial charge in [0.1, 0.15) is 19.7 Å². The molecule has 0 aliphatic carbocycles. The van der Waals surface area contributed by atoms with Crippen molar-refractivity contribution in [3.8, 4) is 17.2 Å². The molecule has 1 aromatic heterocycles. The number of benzene rings is 1. The summed E-state index contributed by atoms with van der Waals surface area (Å²) in [6, 6.07) is 9.29. The molecule has 2 aromatic rings. The number of hydrogen-bond donors (Lipinski definition) is 0. The first-order chi connectivity index (χ1) is 20.9. The van der Waals surface area contributed by atoms with Crippen LogP contribution in [0.1, 0.15) is 115 Å². The third-order valence-corrected chi connectivity index (χ3v) is 7.55. The fraction of sp³-hybridized carbons (Fsp3) is 0.629. The van der Waals surface area contributed by atoms with Crippen LogP contribution in [0.4, 0.5) is 4.79 Å². The zero-order valence-electron chi connectivity index (χ0n) is 27.3. The summed E-state index contributed by atoms with van der Waals surface area (Å²) in [6.07, 6.45) is 17.6. The van der Waals surface area contributed by atoms with Crippen LogP contribution in [0, 0.1) is 0 Å². The van der Waals surface area contributed by atoms with E-state index in [0.29, 0.717) is 29.4 Å². The monoisotopic (exact) mass is 599 g/mol. The minimum atomic E-state index is -0.704. The van der Waals surface area contributed by atoms with Crippen LogP contribution in [0.2, 0.25) is 0 Å². The van der Waals surface area contributed by atoms with Crippen LogP contribution in [0.15, 0.2) is 36.5 Å². The van der Waals surface area contributed by atoms with Crippen molar-refractivity contribution < 1.29 is 33.1 Å². The summed E-state index contributed by atoms with van der Waals surface area (Å²) in [5.74, 6) is 1.18. The van der Waals surface area contributed by atoms with Crippen LogP contribution >= 0.6 is 0 Å². The molecule has 0 radical (unpaired) electrons. The Labute approximate surface area is 259 Å². The topological polar surface area (TPSA) is 78.2 Å². The van der Waals surface area contributed by atoms with Gasteiger partial charge in [0.05, 0.1) is 20.8 Å². The number of imide groups is 1. The number of unbranched alkanes of at least 4 members (excludes halogenated alkanes) is 11. The summed E-state index contributed by atoms with van der Waals surface area (Å²) < 4.78 is 24.8. The average Bonchev–Trinajstić information content (AvgIpc) is 3.01. The lowest BCUT2D eigenvalue weighted by molar-refractivity contribution is -0.704. The standard InChI is InChI=1S/C35H55N2O6/c1-6-8-9-10-11-12-13-14-15-16-17-20-24-42-34-32(40-4)25-30(26-33(34)41-5)28-43-35(39)37(29(3)38)27-31-21-18-19-23-36(31)22-7-2/h18-19,21,23,25-26H,6-17,20,22,24,27-28H2,1-5H3/q+1. The molecule has 0 saturated carbocycles. The van der Waals surface area contributed by atoms with Crippen molar-refractivity contribution in [3.63, 3.8) is 0 Å². The third kappa shape index (κ3) is 13.3. The Morgan fingerprint density at radius 1 is 0.791 bits per heavy atom. The van der Waals surface area contributed by atoms with Gasteiger partial charge in [0.2, 0.25) is 17.4 Å². The molecule has 2 amide bonds. The molecule has 8 nitrogen and oxygen atoms in total. The lowest BCUT2D eigenvalue weighted by Gasteiger charge is -2.19. The molecular weight excluding hydrogens is 544 g/mol. The number of amides is 2. The highest BCUT2D eigenvalue weighted by atomic mass is 16.6. The molecule has 0 bridgehead atoms. The summed E-state index contributed by atoms with van der Waals surface area (Å²) in [5.41, 5.74) is 1.53. The predicted molar refractivity (Wildman–Crippen MR) is 169 cm³/mol. The number of carbonyl (C=O) groups is 2. The zero-order valence-corrected chi connectivity index (χ0v) is 27.3. The quantitative estimate of drug-likeness (QED) is 0.100. The maximum absolute atomic E-state index is 12.9. The first-order valence-corrected chi connectivity index (χ1v) is 16.2. The van der Waals surface area contributed by atoms with Gasteiger partial charge in [-0.25, -0.2) is 14.3 Å². The summed E-state index contributed by atoms with van der Waals surface area (Å²) in [6.45, 7) is 7.17. The van der Waals surface area contributed by atoms with Crippen LogP contribution in [-0.2, 0) is 29.2 Å². The Morgan fingerprint density at radius 2 is 1.37 bits per heavy atom. The Hall–Kier alpha value is -3.29. The molecule has 8 heteroatoms. The van der Waals surface area contributed by atoms with E-state index in [0.717, 1.165) is 36.4 Å². The van der Waals surface area contributed by atoms with Crippen LogP contribution < -0.4 is 18.8 Å². The third-order valence-electron chi connectivity index (χ3n) is 7.55. The second kappa shape index (κ2) is 21.4. The zero-order chi connectivity index (χ0) is 31.3. The van der Waals surface area contributed by atoms with Gasteiger partial charge in [-0.2, -0.15) is 0 Å². The number of pyridine rings is 1. The molecule has 0 saturated heterocycles. The number of ether oxygens (including phenoxy) is 4. The van der Waals surface area contributed by atoms with Gasteiger partial charge >= 0.3 is 6.09 Å². The van der Waals surface area contributed by atoms with Crippen LogP contribution in [0.5, 0.6) is 17.2 Å². The van der Waals surface area contributed by atoms with E-state index in [1.54, 1.807) is 26.4 Å². The highest BCUT2D eigenvalue weighted by molar-refractivity contribution is 5.90. The second-order valence-corrected chi connectivity index (χ2v) is 11.1. The van der Waals surface area contributed by atoms with Gasteiger partial charge in [-0.05, 0) is 24.1 Å². The highest BCUT2D eigenvalue weighted by Gasteiger charge is 2.24. The molecule has 0 spiro atoms. The molecule has 0 unspecified atom stereocenters. The summed E-state index contributed by atoms with van der Waals surface area (Å²) in [7, 11) is 3.15. The molecule has 0 N–H and O–H groups in total. The maximum Gasteiger partial charge on any atom is 0.417 e. The highest BCUT2D eigenvalue weighted by Crippen LogP contribution is 2.39. The summed E-state index contributed by atoms with van der Waals surface area (Å²) in [4.78, 5) is 26.4. The minimum Gasteiger partial charge on any atom is -0.493 e. The second-order valence-electron chi connectivity index (χ2n) is 11.1. The first-order valence-electron chi connectivity index (χ1n) is 16.2. The maximum atomic E-state index is 12.9. The first kappa shape index (κ1) is 35.9. The van der Waals surface area contributed by atoms with Crippen molar-refractivity contribution in [2.45, 2.75) is 124 Å². The lowest BCUT2D eigenvalue weighted by atomic mass is 10.1. The van der Waals surface area contributed by atoms with E-state index in [9.17, 15) is 9.59 Å². The van der Waals surface area contributed by atoms with Gasteiger partial charge in [0.15, 0.2) is 17.7 Å². The van der Waals surface area contributed by atoms with Crippen molar-refractivity contribution in [2.24, 2.45) is 0 Å². The van der Waals surface area contributed by atoms with Crippen LogP contribution in [-0.4, -0.2) is 37.7 Å². The lowest BCUT2D eigenvalue weighted by Crippen LogP contribution is -2.43. The average molecular weight is 600 g/mol. The molecule has 0 fully saturated rings.